The first-order valence-corrected chi connectivity index (χ1v) is 5.89. The number of hydrogen-bond donors (Lipinski definition) is 2. The Morgan fingerprint density at radius 3 is 1.94 bits per heavy atom. The number of hydrogen-bond acceptors (Lipinski definition) is 5. The molecule has 0 radical (unpaired) electrons. The van der Waals surface area contributed by atoms with E-state index in [4.69, 9.17) is 24.4 Å². The molecule has 0 spiro atoms. The lowest BCUT2D eigenvalue weighted by atomic mass is 10.2. The molecule has 2 rings (SSSR count). The summed E-state index contributed by atoms with van der Waals surface area (Å²) in [4.78, 5) is 0. The largest absolute Gasteiger partial charge is 0.376 e. The van der Waals surface area contributed by atoms with Crippen molar-refractivity contribution in [1.82, 2.24) is 0 Å². The van der Waals surface area contributed by atoms with Crippen molar-refractivity contribution >= 4 is 0 Å². The minimum atomic E-state index is -1.10. The number of rotatable bonds is 7. The van der Waals surface area contributed by atoms with Crippen LogP contribution in [0.3, 0.4) is 0 Å². The SMILES string of the molecule is C(OCC1CO1)C1CO1.CCCCC(O)O. The van der Waals surface area contributed by atoms with Crippen LogP contribution in [-0.4, -0.2) is 55.1 Å². The lowest BCUT2D eigenvalue weighted by Crippen LogP contribution is -2.06. The van der Waals surface area contributed by atoms with E-state index in [-0.39, 0.29) is 0 Å². The van der Waals surface area contributed by atoms with Gasteiger partial charge in [0.1, 0.15) is 12.2 Å². The molecule has 2 saturated heterocycles. The summed E-state index contributed by atoms with van der Waals surface area (Å²) in [5.74, 6) is 0. The van der Waals surface area contributed by atoms with Gasteiger partial charge in [-0.05, 0) is 12.8 Å². The molecule has 0 bridgehead atoms. The minimum absolute atomic E-state index is 0.392. The molecule has 2 aliphatic heterocycles. The third-order valence-corrected chi connectivity index (χ3v) is 2.23. The molecule has 0 aromatic rings. The van der Waals surface area contributed by atoms with Crippen LogP contribution in [0.1, 0.15) is 26.2 Å². The monoisotopic (exact) mass is 234 g/mol. The van der Waals surface area contributed by atoms with Crippen molar-refractivity contribution in [1.29, 1.82) is 0 Å². The zero-order valence-electron chi connectivity index (χ0n) is 9.80. The second-order valence-corrected chi connectivity index (χ2v) is 4.07. The fourth-order valence-electron chi connectivity index (χ4n) is 1.05. The van der Waals surface area contributed by atoms with E-state index in [0.29, 0.717) is 18.6 Å². The average Bonchev–Trinajstić information content (AvgIpc) is 3.09. The van der Waals surface area contributed by atoms with Gasteiger partial charge in [-0.25, -0.2) is 0 Å². The first-order chi connectivity index (χ1) is 7.72. The summed E-state index contributed by atoms with van der Waals surface area (Å²) >= 11 is 0. The second-order valence-electron chi connectivity index (χ2n) is 4.07. The fourth-order valence-corrected chi connectivity index (χ4v) is 1.05. The molecule has 2 aliphatic rings. The summed E-state index contributed by atoms with van der Waals surface area (Å²) in [7, 11) is 0. The quantitative estimate of drug-likeness (QED) is 0.489. The van der Waals surface area contributed by atoms with Crippen molar-refractivity contribution in [2.24, 2.45) is 0 Å². The van der Waals surface area contributed by atoms with E-state index in [9.17, 15) is 0 Å². The summed E-state index contributed by atoms with van der Waals surface area (Å²) < 4.78 is 15.1. The van der Waals surface area contributed by atoms with E-state index in [2.05, 4.69) is 0 Å². The van der Waals surface area contributed by atoms with Gasteiger partial charge in [-0.1, -0.05) is 13.3 Å². The summed E-state index contributed by atoms with van der Waals surface area (Å²) in [6.45, 7) is 5.28. The molecule has 2 heterocycles. The van der Waals surface area contributed by atoms with Gasteiger partial charge in [0.2, 0.25) is 0 Å². The smallest absolute Gasteiger partial charge is 0.151 e. The Balaban J connectivity index is 0.000000168. The first-order valence-electron chi connectivity index (χ1n) is 5.89. The van der Waals surface area contributed by atoms with Crippen molar-refractivity contribution in [3.8, 4) is 0 Å². The van der Waals surface area contributed by atoms with Crippen molar-refractivity contribution in [3.63, 3.8) is 0 Å². The molecular formula is C11H22O5. The molecule has 2 N–H and O–H groups in total. The summed E-state index contributed by atoms with van der Waals surface area (Å²) in [6, 6.07) is 0. The van der Waals surface area contributed by atoms with Crippen LogP contribution in [0.2, 0.25) is 0 Å². The minimum Gasteiger partial charge on any atom is -0.376 e. The maximum Gasteiger partial charge on any atom is 0.151 e. The predicted octanol–water partition coefficient (Wildman–Crippen LogP) is 0.288. The van der Waals surface area contributed by atoms with E-state index < -0.39 is 6.29 Å². The molecule has 0 amide bonds. The third kappa shape index (κ3) is 9.06. The first kappa shape index (κ1) is 13.9. The Morgan fingerprint density at radius 1 is 1.19 bits per heavy atom. The highest BCUT2D eigenvalue weighted by Gasteiger charge is 2.26. The highest BCUT2D eigenvalue weighted by atomic mass is 16.6. The molecule has 2 fully saturated rings. The standard InChI is InChI=1S/C6H10O3.C5H12O2/c1(5-3-8-5)7-2-6-4-9-6;1-2-3-4-5(6)7/h5-6H,1-4H2;5-7H,2-4H2,1H3. The van der Waals surface area contributed by atoms with Crippen LogP contribution in [0.4, 0.5) is 0 Å². The van der Waals surface area contributed by atoms with Crippen LogP contribution in [0.5, 0.6) is 0 Å². The van der Waals surface area contributed by atoms with Crippen LogP contribution in [0.25, 0.3) is 0 Å². The van der Waals surface area contributed by atoms with Gasteiger partial charge >= 0.3 is 0 Å². The van der Waals surface area contributed by atoms with Gasteiger partial charge in [0.05, 0.1) is 26.4 Å². The Hall–Kier alpha value is -0.200. The molecular weight excluding hydrogens is 212 g/mol. The Kier molecular flexibility index (Phi) is 6.91. The molecule has 2 atom stereocenters. The Morgan fingerprint density at radius 2 is 1.69 bits per heavy atom. The molecule has 0 aliphatic carbocycles. The highest BCUT2D eigenvalue weighted by Crippen LogP contribution is 2.12. The number of epoxide rings is 2. The van der Waals surface area contributed by atoms with Gasteiger partial charge in [-0.15, -0.1) is 0 Å². The normalized spacial score (nSPS) is 26.2. The van der Waals surface area contributed by atoms with E-state index in [0.717, 1.165) is 39.3 Å². The summed E-state index contributed by atoms with van der Waals surface area (Å²) in [5, 5.41) is 16.5. The van der Waals surface area contributed by atoms with Gasteiger partial charge < -0.3 is 24.4 Å². The lowest BCUT2D eigenvalue weighted by Gasteiger charge is -1.97. The molecule has 96 valence electrons. The summed E-state index contributed by atoms with van der Waals surface area (Å²) in [6.07, 6.45) is 2.12. The van der Waals surface area contributed by atoms with Crippen molar-refractivity contribution in [2.75, 3.05) is 26.4 Å². The van der Waals surface area contributed by atoms with Crippen LogP contribution in [0.15, 0.2) is 0 Å². The van der Waals surface area contributed by atoms with E-state index in [1.54, 1.807) is 0 Å². The Bertz CT molecular complexity index is 154. The second kappa shape index (κ2) is 7.97. The highest BCUT2D eigenvalue weighted by molar-refractivity contribution is 4.71. The molecule has 2 unspecified atom stereocenters. The van der Waals surface area contributed by atoms with E-state index >= 15 is 0 Å². The molecule has 0 aromatic heterocycles. The van der Waals surface area contributed by atoms with Crippen LogP contribution in [-0.2, 0) is 14.2 Å². The van der Waals surface area contributed by atoms with Crippen molar-refractivity contribution in [2.45, 2.75) is 44.7 Å². The average molecular weight is 234 g/mol. The van der Waals surface area contributed by atoms with E-state index in [1.807, 2.05) is 6.92 Å². The summed E-state index contributed by atoms with van der Waals surface area (Å²) in [5.41, 5.74) is 0. The van der Waals surface area contributed by atoms with Gasteiger partial charge in [-0.2, -0.15) is 0 Å². The fraction of sp³-hybridized carbons (Fsp3) is 1.00. The zero-order chi connectivity index (χ0) is 11.8. The molecule has 5 nitrogen and oxygen atoms in total. The molecule has 0 saturated carbocycles. The number of aliphatic hydroxyl groups is 2. The van der Waals surface area contributed by atoms with Crippen LogP contribution in [0, 0.1) is 0 Å². The van der Waals surface area contributed by atoms with Crippen LogP contribution >= 0.6 is 0 Å². The maximum absolute atomic E-state index is 8.24. The van der Waals surface area contributed by atoms with Gasteiger partial charge in [-0.3, -0.25) is 0 Å². The van der Waals surface area contributed by atoms with Crippen molar-refractivity contribution in [3.05, 3.63) is 0 Å². The predicted molar refractivity (Wildman–Crippen MR) is 58.0 cm³/mol. The Labute approximate surface area is 96.3 Å². The van der Waals surface area contributed by atoms with Gasteiger partial charge in [0, 0.05) is 0 Å². The van der Waals surface area contributed by atoms with Crippen molar-refractivity contribution < 1.29 is 24.4 Å². The number of aliphatic hydroxyl groups excluding tert-OH is 1. The maximum atomic E-state index is 8.24. The molecule has 16 heavy (non-hydrogen) atoms. The topological polar surface area (TPSA) is 74.8 Å². The molecule has 5 heteroatoms. The van der Waals surface area contributed by atoms with Crippen LogP contribution < -0.4 is 0 Å². The van der Waals surface area contributed by atoms with Gasteiger partial charge in [0.15, 0.2) is 6.29 Å². The van der Waals surface area contributed by atoms with E-state index in [1.165, 1.54) is 0 Å². The zero-order valence-corrected chi connectivity index (χ0v) is 9.80. The lowest BCUT2D eigenvalue weighted by molar-refractivity contribution is -0.0463. The molecule has 0 aromatic carbocycles. The number of unbranched alkanes of at least 4 members (excludes halogenated alkanes) is 1. The van der Waals surface area contributed by atoms with Gasteiger partial charge in [0.25, 0.3) is 0 Å². The third-order valence-electron chi connectivity index (χ3n) is 2.23. The number of ether oxygens (including phenoxy) is 3.